The standard InChI is InChI=1S/C17H20BrNOS/c1-17(2,3)15-8-6-5-7-14(15)16(20)19(4)10-13-9-12(18)11-21-13/h5-9,11H,10H2,1-4H3. The lowest BCUT2D eigenvalue weighted by molar-refractivity contribution is 0.0784. The van der Waals surface area contributed by atoms with Crippen molar-refractivity contribution < 1.29 is 4.79 Å². The third-order valence-corrected chi connectivity index (χ3v) is 5.01. The molecule has 1 heterocycles. The number of thiophene rings is 1. The van der Waals surface area contributed by atoms with E-state index < -0.39 is 0 Å². The van der Waals surface area contributed by atoms with Gasteiger partial charge in [-0.15, -0.1) is 11.3 Å². The minimum absolute atomic E-state index is 0.0426. The Bertz CT molecular complexity index is 642. The van der Waals surface area contributed by atoms with Crippen molar-refractivity contribution in [2.75, 3.05) is 7.05 Å². The van der Waals surface area contributed by atoms with Crippen molar-refractivity contribution in [2.45, 2.75) is 32.7 Å². The van der Waals surface area contributed by atoms with Crippen LogP contribution in [0.5, 0.6) is 0 Å². The Hall–Kier alpha value is -1.13. The largest absolute Gasteiger partial charge is 0.337 e. The summed E-state index contributed by atoms with van der Waals surface area (Å²) in [5.74, 6) is 0.0741. The molecular weight excluding hydrogens is 346 g/mol. The summed E-state index contributed by atoms with van der Waals surface area (Å²) in [6.45, 7) is 7.04. The molecule has 2 aromatic rings. The zero-order chi connectivity index (χ0) is 15.6. The minimum atomic E-state index is -0.0426. The third kappa shape index (κ3) is 3.95. The van der Waals surface area contributed by atoms with Crippen LogP contribution < -0.4 is 0 Å². The minimum Gasteiger partial charge on any atom is -0.337 e. The molecule has 4 heteroatoms. The van der Waals surface area contributed by atoms with Crippen molar-refractivity contribution >= 4 is 33.2 Å². The quantitative estimate of drug-likeness (QED) is 0.742. The van der Waals surface area contributed by atoms with Crippen molar-refractivity contribution in [1.82, 2.24) is 4.90 Å². The maximum atomic E-state index is 12.7. The molecule has 0 atom stereocenters. The molecule has 0 unspecified atom stereocenters. The molecule has 112 valence electrons. The molecule has 21 heavy (non-hydrogen) atoms. The second kappa shape index (κ2) is 6.32. The highest BCUT2D eigenvalue weighted by Gasteiger charge is 2.23. The predicted molar refractivity (Wildman–Crippen MR) is 93.0 cm³/mol. The third-order valence-electron chi connectivity index (χ3n) is 3.33. The van der Waals surface area contributed by atoms with Crippen LogP contribution in [0.15, 0.2) is 40.2 Å². The van der Waals surface area contributed by atoms with Crippen LogP contribution in [-0.2, 0) is 12.0 Å². The highest BCUT2D eigenvalue weighted by molar-refractivity contribution is 9.10. The number of amides is 1. The van der Waals surface area contributed by atoms with E-state index in [-0.39, 0.29) is 11.3 Å². The molecule has 0 bridgehead atoms. The van der Waals surface area contributed by atoms with E-state index in [1.807, 2.05) is 36.7 Å². The number of benzene rings is 1. The van der Waals surface area contributed by atoms with Gasteiger partial charge in [-0.1, -0.05) is 39.0 Å². The SMILES string of the molecule is CN(Cc1cc(Br)cs1)C(=O)c1ccccc1C(C)(C)C. The van der Waals surface area contributed by atoms with Crippen LogP contribution in [0.1, 0.15) is 41.6 Å². The van der Waals surface area contributed by atoms with Crippen LogP contribution in [0.2, 0.25) is 0 Å². The Morgan fingerprint density at radius 1 is 1.29 bits per heavy atom. The number of rotatable bonds is 3. The van der Waals surface area contributed by atoms with Gasteiger partial charge >= 0.3 is 0 Å². The fourth-order valence-corrected chi connectivity index (χ4v) is 3.77. The molecule has 0 N–H and O–H groups in total. The predicted octanol–water partition coefficient (Wildman–Crippen LogP) is 5.08. The fourth-order valence-electron chi connectivity index (χ4n) is 2.27. The van der Waals surface area contributed by atoms with Crippen molar-refractivity contribution in [3.63, 3.8) is 0 Å². The van der Waals surface area contributed by atoms with Crippen molar-refractivity contribution in [3.05, 3.63) is 56.2 Å². The molecule has 0 radical (unpaired) electrons. The van der Waals surface area contributed by atoms with Crippen molar-refractivity contribution in [2.24, 2.45) is 0 Å². The Morgan fingerprint density at radius 2 is 1.95 bits per heavy atom. The maximum absolute atomic E-state index is 12.7. The highest BCUT2D eigenvalue weighted by atomic mass is 79.9. The Kier molecular flexibility index (Phi) is 4.89. The van der Waals surface area contributed by atoms with Gasteiger partial charge < -0.3 is 4.90 Å². The molecular formula is C17H20BrNOS. The number of carbonyl (C=O) groups is 1. The summed E-state index contributed by atoms with van der Waals surface area (Å²) >= 11 is 5.11. The molecule has 1 aromatic heterocycles. The smallest absolute Gasteiger partial charge is 0.254 e. The van der Waals surface area contributed by atoms with Gasteiger partial charge in [0.15, 0.2) is 0 Å². The van der Waals surface area contributed by atoms with Crippen LogP contribution in [0.3, 0.4) is 0 Å². The summed E-state index contributed by atoms with van der Waals surface area (Å²) in [5, 5.41) is 2.04. The summed E-state index contributed by atoms with van der Waals surface area (Å²) in [6, 6.07) is 9.95. The van der Waals surface area contributed by atoms with Gasteiger partial charge in [-0.25, -0.2) is 0 Å². The Morgan fingerprint density at radius 3 is 2.52 bits per heavy atom. The molecule has 0 saturated heterocycles. The van der Waals surface area contributed by atoms with Gasteiger partial charge in [0.05, 0.1) is 6.54 Å². The fraction of sp³-hybridized carbons (Fsp3) is 0.353. The lowest BCUT2D eigenvalue weighted by Crippen LogP contribution is -2.28. The zero-order valence-electron chi connectivity index (χ0n) is 12.8. The topological polar surface area (TPSA) is 20.3 Å². The van der Waals surface area contributed by atoms with Gasteiger partial charge in [0, 0.05) is 27.3 Å². The molecule has 0 fully saturated rings. The van der Waals surface area contributed by atoms with Gasteiger partial charge in [0.2, 0.25) is 0 Å². The monoisotopic (exact) mass is 365 g/mol. The first-order valence-corrected chi connectivity index (χ1v) is 8.54. The van der Waals surface area contributed by atoms with Crippen LogP contribution >= 0.6 is 27.3 Å². The second-order valence-electron chi connectivity index (χ2n) is 6.19. The number of hydrogen-bond acceptors (Lipinski definition) is 2. The first kappa shape index (κ1) is 16.2. The van der Waals surface area contributed by atoms with E-state index in [0.29, 0.717) is 6.54 Å². The molecule has 1 aromatic carbocycles. The highest BCUT2D eigenvalue weighted by Crippen LogP contribution is 2.27. The summed E-state index contributed by atoms with van der Waals surface area (Å²) < 4.78 is 1.07. The summed E-state index contributed by atoms with van der Waals surface area (Å²) in [4.78, 5) is 15.7. The van der Waals surface area contributed by atoms with E-state index in [9.17, 15) is 4.79 Å². The van der Waals surface area contributed by atoms with E-state index >= 15 is 0 Å². The molecule has 0 aliphatic carbocycles. The van der Waals surface area contributed by atoms with Gasteiger partial charge in [-0.3, -0.25) is 4.79 Å². The lowest BCUT2D eigenvalue weighted by Gasteiger charge is -2.25. The molecule has 0 spiro atoms. The van der Waals surface area contributed by atoms with Gasteiger partial charge in [0.25, 0.3) is 5.91 Å². The van der Waals surface area contributed by atoms with Gasteiger partial charge in [-0.05, 0) is 39.0 Å². The lowest BCUT2D eigenvalue weighted by atomic mass is 9.83. The van der Waals surface area contributed by atoms with Crippen molar-refractivity contribution in [3.8, 4) is 0 Å². The molecule has 0 saturated carbocycles. The molecule has 0 aliphatic heterocycles. The summed E-state index contributed by atoms with van der Waals surface area (Å²) in [7, 11) is 1.86. The molecule has 2 rings (SSSR count). The Balaban J connectivity index is 2.24. The number of carbonyl (C=O) groups excluding carboxylic acids is 1. The second-order valence-corrected chi connectivity index (χ2v) is 8.10. The average molecular weight is 366 g/mol. The summed E-state index contributed by atoms with van der Waals surface area (Å²) in [6.07, 6.45) is 0. The average Bonchev–Trinajstić information content (AvgIpc) is 2.82. The van der Waals surface area contributed by atoms with Crippen LogP contribution in [0.4, 0.5) is 0 Å². The van der Waals surface area contributed by atoms with Crippen molar-refractivity contribution in [1.29, 1.82) is 0 Å². The van der Waals surface area contributed by atoms with E-state index in [2.05, 4.69) is 42.8 Å². The van der Waals surface area contributed by atoms with E-state index in [4.69, 9.17) is 0 Å². The summed E-state index contributed by atoms with van der Waals surface area (Å²) in [5.41, 5.74) is 1.84. The number of hydrogen-bond donors (Lipinski definition) is 0. The molecule has 0 aliphatic rings. The normalized spacial score (nSPS) is 11.5. The van der Waals surface area contributed by atoms with Gasteiger partial charge in [0.1, 0.15) is 0 Å². The first-order valence-electron chi connectivity index (χ1n) is 6.87. The van der Waals surface area contributed by atoms with Crippen LogP contribution in [0.25, 0.3) is 0 Å². The Labute approximate surface area is 138 Å². The van der Waals surface area contributed by atoms with E-state index in [1.165, 1.54) is 4.88 Å². The maximum Gasteiger partial charge on any atom is 0.254 e. The first-order chi connectivity index (χ1) is 9.79. The number of halogens is 1. The molecule has 1 amide bonds. The zero-order valence-corrected chi connectivity index (χ0v) is 15.2. The van der Waals surface area contributed by atoms with Crippen LogP contribution in [-0.4, -0.2) is 17.9 Å². The van der Waals surface area contributed by atoms with E-state index in [0.717, 1.165) is 15.6 Å². The van der Waals surface area contributed by atoms with E-state index in [1.54, 1.807) is 16.2 Å². The van der Waals surface area contributed by atoms with Gasteiger partial charge in [-0.2, -0.15) is 0 Å². The number of nitrogens with zero attached hydrogens (tertiary/aromatic N) is 1. The van der Waals surface area contributed by atoms with Crippen LogP contribution in [0, 0.1) is 0 Å². The molecule has 2 nitrogen and oxygen atoms in total.